The van der Waals surface area contributed by atoms with E-state index in [0.29, 0.717) is 18.5 Å². The van der Waals surface area contributed by atoms with E-state index in [1.165, 1.54) is 6.07 Å². The molecule has 0 aliphatic rings. The fourth-order valence-corrected chi connectivity index (χ4v) is 2.24. The standard InChI is InChI=1S/C19H29N3O4/c1-12(2)20-18(26)21-14-8-6-7-13(11-14)16(23)22-15(17(24)25)9-10-19(3,4)5/h6-8,11-12,15H,9-10H2,1-5H3,(H,22,23)(H,24,25)(H2,20,21,26). The van der Waals surface area contributed by atoms with E-state index in [1.54, 1.807) is 18.2 Å². The average molecular weight is 363 g/mol. The minimum atomic E-state index is -1.06. The quantitative estimate of drug-likeness (QED) is 0.596. The Balaban J connectivity index is 2.77. The molecule has 0 aliphatic carbocycles. The molecule has 0 radical (unpaired) electrons. The van der Waals surface area contributed by atoms with Gasteiger partial charge in [0.1, 0.15) is 6.04 Å². The van der Waals surface area contributed by atoms with Crippen molar-refractivity contribution in [3.63, 3.8) is 0 Å². The van der Waals surface area contributed by atoms with Crippen molar-refractivity contribution in [1.29, 1.82) is 0 Å². The number of rotatable bonds is 7. The number of amides is 3. The summed E-state index contributed by atoms with van der Waals surface area (Å²) >= 11 is 0. The highest BCUT2D eigenvalue weighted by Crippen LogP contribution is 2.22. The first-order chi connectivity index (χ1) is 12.0. The van der Waals surface area contributed by atoms with Crippen molar-refractivity contribution in [3.05, 3.63) is 29.8 Å². The van der Waals surface area contributed by atoms with Crippen molar-refractivity contribution in [2.45, 2.75) is 59.5 Å². The summed E-state index contributed by atoms with van der Waals surface area (Å²) in [4.78, 5) is 35.6. The molecule has 0 heterocycles. The van der Waals surface area contributed by atoms with Gasteiger partial charge >= 0.3 is 12.0 Å². The van der Waals surface area contributed by atoms with Gasteiger partial charge in [-0.1, -0.05) is 26.8 Å². The zero-order chi connectivity index (χ0) is 19.9. The van der Waals surface area contributed by atoms with Crippen LogP contribution >= 0.6 is 0 Å². The van der Waals surface area contributed by atoms with Gasteiger partial charge in [0.2, 0.25) is 0 Å². The van der Waals surface area contributed by atoms with Crippen molar-refractivity contribution >= 4 is 23.6 Å². The number of carboxylic acid groups (broad SMARTS) is 1. The number of carboxylic acids is 1. The lowest BCUT2D eigenvalue weighted by molar-refractivity contribution is -0.139. The predicted octanol–water partition coefficient (Wildman–Crippen LogP) is 3.23. The number of carbonyl (C=O) groups is 3. The van der Waals surface area contributed by atoms with E-state index in [-0.39, 0.29) is 23.1 Å². The van der Waals surface area contributed by atoms with Crippen LogP contribution in [0.15, 0.2) is 24.3 Å². The third kappa shape index (κ3) is 8.00. The van der Waals surface area contributed by atoms with Gasteiger partial charge in [-0.05, 0) is 50.3 Å². The fourth-order valence-electron chi connectivity index (χ4n) is 2.24. The van der Waals surface area contributed by atoms with E-state index in [9.17, 15) is 19.5 Å². The maximum Gasteiger partial charge on any atom is 0.326 e. The third-order valence-electron chi connectivity index (χ3n) is 3.59. The molecule has 1 atom stereocenters. The summed E-state index contributed by atoms with van der Waals surface area (Å²) in [6.45, 7) is 9.74. The Morgan fingerprint density at radius 1 is 1.12 bits per heavy atom. The Morgan fingerprint density at radius 2 is 1.77 bits per heavy atom. The minimum Gasteiger partial charge on any atom is -0.480 e. The van der Waals surface area contributed by atoms with Gasteiger partial charge in [0.15, 0.2) is 0 Å². The van der Waals surface area contributed by atoms with Crippen LogP contribution in [0.25, 0.3) is 0 Å². The van der Waals surface area contributed by atoms with E-state index in [2.05, 4.69) is 16.0 Å². The summed E-state index contributed by atoms with van der Waals surface area (Å²) in [5.74, 6) is -1.55. The summed E-state index contributed by atoms with van der Waals surface area (Å²) in [5.41, 5.74) is 0.721. The maximum atomic E-state index is 12.4. The van der Waals surface area contributed by atoms with Gasteiger partial charge in [0.25, 0.3) is 5.91 Å². The molecule has 7 nitrogen and oxygen atoms in total. The lowest BCUT2D eigenvalue weighted by atomic mass is 9.88. The summed E-state index contributed by atoms with van der Waals surface area (Å²) < 4.78 is 0. The second kappa shape index (κ2) is 9.22. The van der Waals surface area contributed by atoms with E-state index in [1.807, 2.05) is 34.6 Å². The van der Waals surface area contributed by atoms with Crippen LogP contribution in [0.4, 0.5) is 10.5 Å². The van der Waals surface area contributed by atoms with E-state index < -0.39 is 17.9 Å². The number of urea groups is 1. The molecule has 0 aliphatic heterocycles. The fraction of sp³-hybridized carbons (Fsp3) is 0.526. The second-order valence-corrected chi connectivity index (χ2v) is 7.80. The summed E-state index contributed by atoms with van der Waals surface area (Å²) in [7, 11) is 0. The number of carbonyl (C=O) groups excluding carboxylic acids is 2. The van der Waals surface area contributed by atoms with E-state index >= 15 is 0 Å². The molecule has 0 saturated heterocycles. The van der Waals surface area contributed by atoms with Crippen LogP contribution in [0.5, 0.6) is 0 Å². The van der Waals surface area contributed by atoms with Gasteiger partial charge in [-0.15, -0.1) is 0 Å². The Bertz CT molecular complexity index is 650. The molecule has 144 valence electrons. The van der Waals surface area contributed by atoms with Gasteiger partial charge in [0.05, 0.1) is 0 Å². The average Bonchev–Trinajstić information content (AvgIpc) is 2.49. The van der Waals surface area contributed by atoms with Gasteiger partial charge < -0.3 is 21.1 Å². The molecule has 1 aromatic carbocycles. The molecule has 4 N–H and O–H groups in total. The first-order valence-corrected chi connectivity index (χ1v) is 8.69. The predicted molar refractivity (Wildman–Crippen MR) is 101 cm³/mol. The molecule has 0 spiro atoms. The van der Waals surface area contributed by atoms with Gasteiger partial charge in [0, 0.05) is 17.3 Å². The number of nitrogens with one attached hydrogen (secondary N) is 3. The summed E-state index contributed by atoms with van der Waals surface area (Å²) in [5, 5.41) is 17.2. The van der Waals surface area contributed by atoms with Crippen LogP contribution in [-0.4, -0.2) is 35.1 Å². The minimum absolute atomic E-state index is 0.0133. The molecule has 1 unspecified atom stereocenters. The van der Waals surface area contributed by atoms with Crippen molar-refractivity contribution in [2.75, 3.05) is 5.32 Å². The maximum absolute atomic E-state index is 12.4. The monoisotopic (exact) mass is 363 g/mol. The van der Waals surface area contributed by atoms with Crippen LogP contribution < -0.4 is 16.0 Å². The zero-order valence-electron chi connectivity index (χ0n) is 16.1. The Hall–Kier alpha value is -2.57. The van der Waals surface area contributed by atoms with Crippen LogP contribution in [0.2, 0.25) is 0 Å². The molecule has 26 heavy (non-hydrogen) atoms. The molecule has 1 aromatic rings. The zero-order valence-corrected chi connectivity index (χ0v) is 16.1. The highest BCUT2D eigenvalue weighted by Gasteiger charge is 2.23. The normalized spacial score (nSPS) is 12.4. The van der Waals surface area contributed by atoms with Gasteiger partial charge in [-0.25, -0.2) is 9.59 Å². The smallest absolute Gasteiger partial charge is 0.326 e. The third-order valence-corrected chi connectivity index (χ3v) is 3.59. The van der Waals surface area contributed by atoms with Crippen molar-refractivity contribution < 1.29 is 19.5 Å². The molecule has 0 saturated carbocycles. The van der Waals surface area contributed by atoms with Crippen molar-refractivity contribution in [3.8, 4) is 0 Å². The molecule has 0 fully saturated rings. The molecule has 0 aromatic heterocycles. The lowest BCUT2D eigenvalue weighted by Crippen LogP contribution is -2.41. The Morgan fingerprint density at radius 3 is 2.31 bits per heavy atom. The molecular formula is C19H29N3O4. The SMILES string of the molecule is CC(C)NC(=O)Nc1cccc(C(=O)NC(CCC(C)(C)C)C(=O)O)c1. The topological polar surface area (TPSA) is 108 Å². The number of benzene rings is 1. The Kier molecular flexibility index (Phi) is 7.61. The number of hydrogen-bond acceptors (Lipinski definition) is 3. The van der Waals surface area contributed by atoms with Crippen LogP contribution in [0, 0.1) is 5.41 Å². The molecule has 1 rings (SSSR count). The number of hydrogen-bond donors (Lipinski definition) is 4. The van der Waals surface area contributed by atoms with Crippen LogP contribution in [0.3, 0.4) is 0 Å². The summed E-state index contributed by atoms with van der Waals surface area (Å²) in [6, 6.07) is 5.03. The molecule has 3 amide bonds. The van der Waals surface area contributed by atoms with Crippen LogP contribution in [-0.2, 0) is 4.79 Å². The molecular weight excluding hydrogens is 334 g/mol. The first-order valence-electron chi connectivity index (χ1n) is 8.69. The Labute approximate surface area is 154 Å². The van der Waals surface area contributed by atoms with E-state index in [4.69, 9.17) is 0 Å². The van der Waals surface area contributed by atoms with E-state index in [0.717, 1.165) is 0 Å². The second-order valence-electron chi connectivity index (χ2n) is 7.80. The van der Waals surface area contributed by atoms with Gasteiger partial charge in [-0.2, -0.15) is 0 Å². The van der Waals surface area contributed by atoms with Crippen LogP contribution in [0.1, 0.15) is 57.8 Å². The first kappa shape index (κ1) is 21.5. The largest absolute Gasteiger partial charge is 0.480 e. The molecule has 7 heteroatoms. The molecule has 0 bridgehead atoms. The lowest BCUT2D eigenvalue weighted by Gasteiger charge is -2.21. The highest BCUT2D eigenvalue weighted by atomic mass is 16.4. The summed E-state index contributed by atoms with van der Waals surface area (Å²) in [6.07, 6.45) is 1.01. The van der Waals surface area contributed by atoms with Crippen molar-refractivity contribution in [2.24, 2.45) is 5.41 Å². The highest BCUT2D eigenvalue weighted by molar-refractivity contribution is 5.98. The van der Waals surface area contributed by atoms with Gasteiger partial charge in [-0.3, -0.25) is 4.79 Å². The number of anilines is 1. The number of aliphatic carboxylic acids is 1. The van der Waals surface area contributed by atoms with Crippen molar-refractivity contribution in [1.82, 2.24) is 10.6 Å².